The van der Waals surface area contributed by atoms with Crippen molar-refractivity contribution in [3.8, 4) is 0 Å². The lowest BCUT2D eigenvalue weighted by Gasteiger charge is -2.20. The number of hydrogen-bond donors (Lipinski definition) is 3. The molecule has 0 bridgehead atoms. The van der Waals surface area contributed by atoms with Gasteiger partial charge in [-0.15, -0.1) is 5.10 Å². The van der Waals surface area contributed by atoms with E-state index < -0.39 is 6.04 Å². The smallest absolute Gasteiger partial charge is 0.253 e. The first-order chi connectivity index (χ1) is 15.6. The summed E-state index contributed by atoms with van der Waals surface area (Å²) in [4.78, 5) is 29.4. The molecule has 1 aromatic heterocycles. The van der Waals surface area contributed by atoms with Crippen LogP contribution in [0.3, 0.4) is 0 Å². The number of anilines is 1. The van der Waals surface area contributed by atoms with Gasteiger partial charge in [-0.25, -0.2) is 4.98 Å². The summed E-state index contributed by atoms with van der Waals surface area (Å²) in [7, 11) is 0. The van der Waals surface area contributed by atoms with Gasteiger partial charge in [-0.2, -0.15) is 0 Å². The van der Waals surface area contributed by atoms with Crippen molar-refractivity contribution in [2.24, 2.45) is 5.92 Å². The molecule has 0 aliphatic carbocycles. The SMILES string of the molecule is CC(C)[C@@H](NC(=O)c1ccc(Cl)cc1Cl)c1nc(SCC(=O)Nc2cc(Cl)ccc2Cl)n[nH]1. The zero-order valence-electron chi connectivity index (χ0n) is 17.5. The van der Waals surface area contributed by atoms with Gasteiger partial charge in [0.2, 0.25) is 11.1 Å². The van der Waals surface area contributed by atoms with Crippen LogP contribution in [0, 0.1) is 5.92 Å². The quantitative estimate of drug-likeness (QED) is 0.289. The van der Waals surface area contributed by atoms with E-state index in [2.05, 4.69) is 25.8 Å². The number of benzene rings is 2. The van der Waals surface area contributed by atoms with Crippen LogP contribution < -0.4 is 10.6 Å². The van der Waals surface area contributed by atoms with Crippen LogP contribution in [0.1, 0.15) is 36.1 Å². The highest BCUT2D eigenvalue weighted by Gasteiger charge is 2.24. The van der Waals surface area contributed by atoms with Gasteiger partial charge in [0.25, 0.3) is 5.91 Å². The van der Waals surface area contributed by atoms with Crippen LogP contribution in [0.15, 0.2) is 41.6 Å². The zero-order chi connectivity index (χ0) is 24.1. The lowest BCUT2D eigenvalue weighted by Crippen LogP contribution is -2.32. The number of rotatable bonds is 8. The summed E-state index contributed by atoms with van der Waals surface area (Å²) in [5, 5.41) is 14.5. The number of aromatic amines is 1. The van der Waals surface area contributed by atoms with E-state index in [1.54, 1.807) is 30.3 Å². The van der Waals surface area contributed by atoms with Gasteiger partial charge in [0.1, 0.15) is 5.82 Å². The maximum atomic E-state index is 12.7. The Balaban J connectivity index is 1.63. The molecule has 174 valence electrons. The average molecular weight is 547 g/mol. The molecular weight excluding hydrogens is 528 g/mol. The highest BCUT2D eigenvalue weighted by Crippen LogP contribution is 2.27. The molecule has 3 N–H and O–H groups in total. The van der Waals surface area contributed by atoms with Crippen LogP contribution >= 0.6 is 58.2 Å². The zero-order valence-corrected chi connectivity index (χ0v) is 21.3. The fraction of sp³-hybridized carbons (Fsp3) is 0.238. The minimum absolute atomic E-state index is 0.000838. The Morgan fingerprint density at radius 2 is 1.73 bits per heavy atom. The highest BCUT2D eigenvalue weighted by atomic mass is 35.5. The van der Waals surface area contributed by atoms with Gasteiger partial charge < -0.3 is 10.6 Å². The maximum absolute atomic E-state index is 12.7. The van der Waals surface area contributed by atoms with Crippen molar-refractivity contribution >= 4 is 75.7 Å². The van der Waals surface area contributed by atoms with Gasteiger partial charge in [-0.05, 0) is 42.3 Å². The fourth-order valence-corrected chi connectivity index (χ4v) is 4.25. The second-order valence-electron chi connectivity index (χ2n) is 7.28. The summed E-state index contributed by atoms with van der Waals surface area (Å²) in [5.74, 6) is -0.136. The molecule has 0 spiro atoms. The summed E-state index contributed by atoms with van der Waals surface area (Å²) < 4.78 is 0. The molecular formula is C21H19Cl4N5O2S. The Morgan fingerprint density at radius 1 is 1.03 bits per heavy atom. The first kappa shape index (κ1) is 25.6. The Kier molecular flexibility index (Phi) is 8.89. The number of H-pyrrole nitrogens is 1. The van der Waals surface area contributed by atoms with Crippen molar-refractivity contribution in [3.05, 3.63) is 67.9 Å². The third-order valence-electron chi connectivity index (χ3n) is 4.44. The maximum Gasteiger partial charge on any atom is 0.253 e. The largest absolute Gasteiger partial charge is 0.342 e. The Labute approximate surface area is 214 Å². The second-order valence-corrected chi connectivity index (χ2v) is 9.91. The van der Waals surface area contributed by atoms with E-state index in [0.29, 0.717) is 37.3 Å². The van der Waals surface area contributed by atoms with E-state index in [1.807, 2.05) is 13.8 Å². The van der Waals surface area contributed by atoms with Gasteiger partial charge in [0.05, 0.1) is 33.1 Å². The van der Waals surface area contributed by atoms with Crippen molar-refractivity contribution in [1.82, 2.24) is 20.5 Å². The number of halogens is 4. The van der Waals surface area contributed by atoms with Crippen molar-refractivity contribution < 1.29 is 9.59 Å². The molecule has 0 saturated carbocycles. The molecule has 0 unspecified atom stereocenters. The van der Waals surface area contributed by atoms with E-state index in [0.717, 1.165) is 11.8 Å². The highest BCUT2D eigenvalue weighted by molar-refractivity contribution is 7.99. The summed E-state index contributed by atoms with van der Waals surface area (Å²) in [6.45, 7) is 3.87. The molecule has 1 atom stereocenters. The Hall–Kier alpha value is -1.97. The topological polar surface area (TPSA) is 99.8 Å². The molecule has 2 aromatic carbocycles. The number of carbonyl (C=O) groups excluding carboxylic acids is 2. The number of aromatic nitrogens is 3. The fourth-order valence-electron chi connectivity index (χ4n) is 2.81. The minimum Gasteiger partial charge on any atom is -0.342 e. The van der Waals surface area contributed by atoms with Crippen molar-refractivity contribution in [2.75, 3.05) is 11.1 Å². The molecule has 3 rings (SSSR count). The Bertz CT molecular complexity index is 1170. The van der Waals surface area contributed by atoms with Crippen LogP contribution in [0.2, 0.25) is 20.1 Å². The van der Waals surface area contributed by atoms with E-state index in [1.165, 1.54) is 6.07 Å². The van der Waals surface area contributed by atoms with Gasteiger partial charge in [0.15, 0.2) is 0 Å². The molecule has 0 aliphatic rings. The summed E-state index contributed by atoms with van der Waals surface area (Å²) >= 11 is 25.2. The Morgan fingerprint density at radius 3 is 2.42 bits per heavy atom. The van der Waals surface area contributed by atoms with Crippen molar-refractivity contribution in [2.45, 2.75) is 25.0 Å². The standard InChI is InChI=1S/C21H19Cl4N5O2S/c1-10(2)18(27-20(32)13-5-3-11(22)7-15(13)25)19-28-21(30-29-19)33-9-17(31)26-16-8-12(23)4-6-14(16)24/h3-8,10,18H,9H2,1-2H3,(H,26,31)(H,27,32)(H,28,29,30)/t18-/m1/s1. The van der Waals surface area contributed by atoms with Gasteiger partial charge in [-0.3, -0.25) is 14.7 Å². The van der Waals surface area contributed by atoms with E-state index in [-0.39, 0.29) is 28.5 Å². The summed E-state index contributed by atoms with van der Waals surface area (Å²) in [6, 6.07) is 9.01. The van der Waals surface area contributed by atoms with Crippen LogP contribution in [0.25, 0.3) is 0 Å². The van der Waals surface area contributed by atoms with Crippen LogP contribution in [0.4, 0.5) is 5.69 Å². The molecule has 33 heavy (non-hydrogen) atoms. The number of amides is 2. The van der Waals surface area contributed by atoms with Gasteiger partial charge in [-0.1, -0.05) is 72.0 Å². The number of thioether (sulfide) groups is 1. The molecule has 0 saturated heterocycles. The molecule has 3 aromatic rings. The number of nitrogens with one attached hydrogen (secondary N) is 3. The van der Waals surface area contributed by atoms with E-state index in [4.69, 9.17) is 46.4 Å². The number of carbonyl (C=O) groups is 2. The molecule has 1 heterocycles. The molecule has 0 aliphatic heterocycles. The van der Waals surface area contributed by atoms with E-state index >= 15 is 0 Å². The van der Waals surface area contributed by atoms with Crippen LogP contribution in [-0.2, 0) is 4.79 Å². The summed E-state index contributed by atoms with van der Waals surface area (Å²) in [6.07, 6.45) is 0. The minimum atomic E-state index is -0.454. The first-order valence-electron chi connectivity index (χ1n) is 9.70. The predicted molar refractivity (Wildman–Crippen MR) is 134 cm³/mol. The van der Waals surface area contributed by atoms with Gasteiger partial charge >= 0.3 is 0 Å². The third-order valence-corrected chi connectivity index (χ3v) is 6.40. The van der Waals surface area contributed by atoms with Crippen LogP contribution in [0.5, 0.6) is 0 Å². The first-order valence-corrected chi connectivity index (χ1v) is 12.2. The molecule has 7 nitrogen and oxygen atoms in total. The normalized spacial score (nSPS) is 12.0. The molecule has 12 heteroatoms. The van der Waals surface area contributed by atoms with Crippen molar-refractivity contribution in [1.29, 1.82) is 0 Å². The monoisotopic (exact) mass is 545 g/mol. The predicted octanol–water partition coefficient (Wildman–Crippen LogP) is 6.28. The van der Waals surface area contributed by atoms with Crippen LogP contribution in [-0.4, -0.2) is 32.7 Å². The van der Waals surface area contributed by atoms with Gasteiger partial charge in [0, 0.05) is 10.0 Å². The summed E-state index contributed by atoms with van der Waals surface area (Å²) in [5.41, 5.74) is 0.728. The lowest BCUT2D eigenvalue weighted by molar-refractivity contribution is -0.113. The molecule has 0 radical (unpaired) electrons. The second kappa shape index (κ2) is 11.4. The van der Waals surface area contributed by atoms with Crippen molar-refractivity contribution in [3.63, 3.8) is 0 Å². The molecule has 2 amide bonds. The number of nitrogens with zero attached hydrogens (tertiary/aromatic N) is 2. The lowest BCUT2D eigenvalue weighted by atomic mass is 10.0. The third kappa shape index (κ3) is 7.01. The number of hydrogen-bond acceptors (Lipinski definition) is 5. The average Bonchev–Trinajstić information content (AvgIpc) is 3.21. The molecule has 0 fully saturated rings. The van der Waals surface area contributed by atoms with E-state index in [9.17, 15) is 9.59 Å².